The predicted octanol–water partition coefficient (Wildman–Crippen LogP) is 2.13. The molecular weight excluding hydrogens is 392 g/mol. The zero-order valence-corrected chi connectivity index (χ0v) is 17.9. The van der Waals surface area contributed by atoms with E-state index in [4.69, 9.17) is 0 Å². The Morgan fingerprint density at radius 2 is 1.77 bits per heavy atom. The Morgan fingerprint density at radius 3 is 2.52 bits per heavy atom. The molecule has 3 atom stereocenters. The Bertz CT molecular complexity index is 1000. The van der Waals surface area contributed by atoms with Gasteiger partial charge in [0, 0.05) is 12.6 Å². The van der Waals surface area contributed by atoms with Gasteiger partial charge in [-0.2, -0.15) is 0 Å². The van der Waals surface area contributed by atoms with Crippen LogP contribution in [-0.4, -0.2) is 43.4 Å². The summed E-state index contributed by atoms with van der Waals surface area (Å²) in [6, 6.07) is 13.4. The zero-order valence-electron chi connectivity index (χ0n) is 17.9. The molecule has 0 bridgehead atoms. The average Bonchev–Trinajstić information content (AvgIpc) is 2.89. The number of likely N-dealkylation sites (N-methyl/N-ethyl adjacent to an activating group) is 1. The number of para-hydroxylation sites is 1. The number of hydrogen-bond donors (Lipinski definition) is 3. The van der Waals surface area contributed by atoms with Crippen molar-refractivity contribution in [2.24, 2.45) is 0 Å². The second-order valence-electron chi connectivity index (χ2n) is 8.18. The summed E-state index contributed by atoms with van der Waals surface area (Å²) in [6.45, 7) is 2.44. The lowest BCUT2D eigenvalue weighted by Gasteiger charge is -2.26. The van der Waals surface area contributed by atoms with Crippen molar-refractivity contribution in [2.45, 2.75) is 44.3 Å². The van der Waals surface area contributed by atoms with Crippen molar-refractivity contribution in [1.82, 2.24) is 16.0 Å². The van der Waals surface area contributed by atoms with E-state index in [1.165, 1.54) is 0 Å². The molecule has 1 fully saturated rings. The number of nitrogens with zero attached hydrogens (tertiary/aromatic N) is 1. The molecule has 2 heterocycles. The minimum Gasteiger partial charge on any atom is -0.343 e. The summed E-state index contributed by atoms with van der Waals surface area (Å²) >= 11 is 0. The number of rotatable bonds is 4. The van der Waals surface area contributed by atoms with E-state index in [1.807, 2.05) is 48.5 Å². The number of carbonyl (C=O) groups is 3. The van der Waals surface area contributed by atoms with Gasteiger partial charge in [-0.15, -0.1) is 0 Å². The van der Waals surface area contributed by atoms with Crippen LogP contribution in [0.1, 0.15) is 37.8 Å². The van der Waals surface area contributed by atoms with Gasteiger partial charge >= 0.3 is 0 Å². The molecule has 3 N–H and O–H groups in total. The number of hydrogen-bond acceptors (Lipinski definition) is 4. The molecule has 2 aliphatic rings. The lowest BCUT2D eigenvalue weighted by atomic mass is 9.95. The molecular formula is C24H28N4O3. The van der Waals surface area contributed by atoms with Crippen LogP contribution in [0.3, 0.4) is 0 Å². The molecule has 7 heteroatoms. The first-order chi connectivity index (χ1) is 15.0. The van der Waals surface area contributed by atoms with Crippen LogP contribution >= 0.6 is 0 Å². The van der Waals surface area contributed by atoms with Crippen LogP contribution in [0.4, 0.5) is 5.69 Å². The summed E-state index contributed by atoms with van der Waals surface area (Å²) in [5.74, 6) is -0.797. The van der Waals surface area contributed by atoms with Gasteiger partial charge in [-0.25, -0.2) is 0 Å². The van der Waals surface area contributed by atoms with Crippen molar-refractivity contribution in [3.8, 4) is 11.1 Å². The van der Waals surface area contributed by atoms with Crippen molar-refractivity contribution >= 4 is 23.4 Å². The molecule has 162 valence electrons. The molecule has 0 aromatic heterocycles. The van der Waals surface area contributed by atoms with Crippen molar-refractivity contribution in [1.29, 1.82) is 0 Å². The topological polar surface area (TPSA) is 90.5 Å². The van der Waals surface area contributed by atoms with Crippen molar-refractivity contribution < 1.29 is 14.4 Å². The maximum Gasteiger partial charge on any atom is 0.253 e. The number of amides is 3. The summed E-state index contributed by atoms with van der Waals surface area (Å²) in [4.78, 5) is 40.3. The first kappa shape index (κ1) is 21.1. The highest BCUT2D eigenvalue weighted by Gasteiger charge is 2.34. The summed E-state index contributed by atoms with van der Waals surface area (Å²) in [5.41, 5.74) is 3.38. The van der Waals surface area contributed by atoms with E-state index in [2.05, 4.69) is 16.0 Å². The van der Waals surface area contributed by atoms with Crippen LogP contribution in [0.2, 0.25) is 0 Å². The van der Waals surface area contributed by atoms with Crippen LogP contribution in [0, 0.1) is 0 Å². The highest BCUT2D eigenvalue weighted by Crippen LogP contribution is 2.39. The molecule has 2 aliphatic heterocycles. The second kappa shape index (κ2) is 8.89. The van der Waals surface area contributed by atoms with Crippen LogP contribution in [-0.2, 0) is 14.4 Å². The third-order valence-electron chi connectivity index (χ3n) is 6.07. The summed E-state index contributed by atoms with van der Waals surface area (Å²) in [7, 11) is 1.71. The van der Waals surface area contributed by atoms with E-state index in [9.17, 15) is 14.4 Å². The normalized spacial score (nSPS) is 21.4. The van der Waals surface area contributed by atoms with Gasteiger partial charge in [0.1, 0.15) is 12.1 Å². The SMILES string of the molecule is C[C@H](NC(=O)[C@H]1CCCCN1)C(=O)N[C@@H]1C(=O)N(C)c2ccccc2-c2ccccc21. The Kier molecular flexibility index (Phi) is 6.04. The van der Waals surface area contributed by atoms with Crippen LogP contribution in [0.25, 0.3) is 11.1 Å². The average molecular weight is 421 g/mol. The van der Waals surface area contributed by atoms with E-state index in [0.29, 0.717) is 0 Å². The molecule has 1 saturated heterocycles. The van der Waals surface area contributed by atoms with E-state index in [0.717, 1.165) is 48.2 Å². The molecule has 3 amide bonds. The maximum absolute atomic E-state index is 13.3. The molecule has 2 aromatic carbocycles. The van der Waals surface area contributed by atoms with Crippen molar-refractivity contribution in [2.75, 3.05) is 18.5 Å². The fourth-order valence-electron chi connectivity index (χ4n) is 4.30. The van der Waals surface area contributed by atoms with Crippen LogP contribution in [0.5, 0.6) is 0 Å². The second-order valence-corrected chi connectivity index (χ2v) is 8.18. The molecule has 4 rings (SSSR count). The maximum atomic E-state index is 13.3. The molecule has 0 saturated carbocycles. The highest BCUT2D eigenvalue weighted by atomic mass is 16.2. The zero-order chi connectivity index (χ0) is 22.0. The fourth-order valence-corrected chi connectivity index (χ4v) is 4.30. The van der Waals surface area contributed by atoms with Gasteiger partial charge in [0.2, 0.25) is 11.8 Å². The Labute approximate surface area is 182 Å². The Balaban J connectivity index is 1.55. The third-order valence-corrected chi connectivity index (χ3v) is 6.07. The van der Waals surface area contributed by atoms with Gasteiger partial charge in [0.25, 0.3) is 5.91 Å². The Morgan fingerprint density at radius 1 is 1.06 bits per heavy atom. The van der Waals surface area contributed by atoms with E-state index < -0.39 is 18.0 Å². The predicted molar refractivity (Wildman–Crippen MR) is 119 cm³/mol. The molecule has 0 spiro atoms. The smallest absolute Gasteiger partial charge is 0.253 e. The van der Waals surface area contributed by atoms with Crippen molar-refractivity contribution in [3.05, 3.63) is 54.1 Å². The van der Waals surface area contributed by atoms with E-state index in [1.54, 1.807) is 18.9 Å². The third kappa shape index (κ3) is 4.18. The summed E-state index contributed by atoms with van der Waals surface area (Å²) in [5, 5.41) is 8.84. The van der Waals surface area contributed by atoms with Crippen LogP contribution < -0.4 is 20.9 Å². The first-order valence-electron chi connectivity index (χ1n) is 10.8. The molecule has 0 aliphatic carbocycles. The van der Waals surface area contributed by atoms with Gasteiger partial charge in [-0.1, -0.05) is 48.9 Å². The van der Waals surface area contributed by atoms with Gasteiger partial charge in [0.05, 0.1) is 11.7 Å². The molecule has 0 unspecified atom stereocenters. The number of anilines is 1. The minimum atomic E-state index is -0.840. The Hall–Kier alpha value is -3.19. The first-order valence-corrected chi connectivity index (χ1v) is 10.8. The summed E-state index contributed by atoms with van der Waals surface area (Å²) < 4.78 is 0. The monoisotopic (exact) mass is 420 g/mol. The number of piperidine rings is 1. The number of benzene rings is 2. The van der Waals surface area contributed by atoms with Crippen LogP contribution in [0.15, 0.2) is 48.5 Å². The number of carbonyl (C=O) groups excluding carboxylic acids is 3. The molecule has 2 aromatic rings. The minimum absolute atomic E-state index is 0.181. The molecule has 7 nitrogen and oxygen atoms in total. The van der Waals surface area contributed by atoms with E-state index >= 15 is 0 Å². The lowest BCUT2D eigenvalue weighted by Crippen LogP contribution is -2.54. The molecule has 31 heavy (non-hydrogen) atoms. The summed E-state index contributed by atoms with van der Waals surface area (Å²) in [6.07, 6.45) is 2.81. The fraction of sp³-hybridized carbons (Fsp3) is 0.375. The quantitative estimate of drug-likeness (QED) is 0.707. The molecule has 0 radical (unpaired) electrons. The standard InChI is InChI=1S/C24H28N4O3/c1-15(26-23(30)19-12-7-8-14-25-19)22(29)27-21-18-11-4-3-9-16(18)17-10-5-6-13-20(17)28(2)24(21)31/h3-6,9-11,13,15,19,21,25H,7-8,12,14H2,1-2H3,(H,26,30)(H,27,29)/t15-,19+,21-/m0/s1. The van der Waals surface area contributed by atoms with Gasteiger partial charge in [-0.05, 0) is 43.5 Å². The number of nitrogens with one attached hydrogen (secondary N) is 3. The lowest BCUT2D eigenvalue weighted by molar-refractivity contribution is -0.131. The van der Waals surface area contributed by atoms with Crippen molar-refractivity contribution in [3.63, 3.8) is 0 Å². The highest BCUT2D eigenvalue weighted by molar-refractivity contribution is 6.06. The number of fused-ring (bicyclic) bond motifs is 3. The van der Waals surface area contributed by atoms with Gasteiger partial charge in [0.15, 0.2) is 0 Å². The largest absolute Gasteiger partial charge is 0.343 e. The van der Waals surface area contributed by atoms with Gasteiger partial charge in [-0.3, -0.25) is 14.4 Å². The van der Waals surface area contributed by atoms with Gasteiger partial charge < -0.3 is 20.9 Å². The van der Waals surface area contributed by atoms with E-state index in [-0.39, 0.29) is 17.9 Å².